The maximum atomic E-state index is 13.5. The zero-order valence-electron chi connectivity index (χ0n) is 14.6. The van der Waals surface area contributed by atoms with Gasteiger partial charge in [0.15, 0.2) is 5.82 Å². The number of hydrogen-bond donors (Lipinski definition) is 1. The first kappa shape index (κ1) is 18.3. The summed E-state index contributed by atoms with van der Waals surface area (Å²) in [6.45, 7) is 1.09. The molecule has 1 aromatic heterocycles. The average molecular weight is 364 g/mol. The Labute approximate surface area is 150 Å². The van der Waals surface area contributed by atoms with E-state index in [0.29, 0.717) is 25.3 Å². The Morgan fingerprint density at radius 3 is 2.81 bits per heavy atom. The normalized spacial score (nSPS) is 23.7. The van der Waals surface area contributed by atoms with Crippen LogP contribution in [0.25, 0.3) is 0 Å². The van der Waals surface area contributed by atoms with Crippen molar-refractivity contribution >= 4 is 11.8 Å². The lowest BCUT2D eigenvalue weighted by Crippen LogP contribution is -2.36. The summed E-state index contributed by atoms with van der Waals surface area (Å²) >= 11 is 0. The zero-order valence-corrected chi connectivity index (χ0v) is 14.6. The largest absolute Gasteiger partial charge is 0.324 e. The number of aromatic nitrogens is 2. The Kier molecular flexibility index (Phi) is 5.49. The quantitative estimate of drug-likeness (QED) is 0.877. The van der Waals surface area contributed by atoms with E-state index in [1.165, 1.54) is 25.3 Å². The zero-order chi connectivity index (χ0) is 18.7. The Balaban J connectivity index is 1.59. The number of nitrogens with one attached hydrogen (secondary N) is 1. The fraction of sp³-hybridized carbons (Fsp3) is 0.500. The number of likely N-dealkylation sites (tertiary alicyclic amines) is 1. The Morgan fingerprint density at radius 2 is 2.08 bits per heavy atom. The van der Waals surface area contributed by atoms with Gasteiger partial charge in [-0.1, -0.05) is 0 Å². The van der Waals surface area contributed by atoms with Crippen LogP contribution in [-0.2, 0) is 7.05 Å². The van der Waals surface area contributed by atoms with Crippen LogP contribution in [0.3, 0.4) is 0 Å². The van der Waals surface area contributed by atoms with Gasteiger partial charge in [-0.15, -0.1) is 0 Å². The van der Waals surface area contributed by atoms with Crippen LogP contribution in [-0.4, -0.2) is 33.8 Å². The highest BCUT2D eigenvalue weighted by atomic mass is 19.1. The Bertz CT molecular complexity index is 803. The van der Waals surface area contributed by atoms with Gasteiger partial charge < -0.3 is 4.90 Å². The predicted molar refractivity (Wildman–Crippen MR) is 93.9 cm³/mol. The summed E-state index contributed by atoms with van der Waals surface area (Å²) in [7, 11) is 1.51. The summed E-state index contributed by atoms with van der Waals surface area (Å²) < 4.78 is 28.2. The molecule has 1 aliphatic carbocycles. The molecule has 1 N–H and O–H groups in total. The van der Waals surface area contributed by atoms with E-state index in [1.54, 1.807) is 4.90 Å². The highest BCUT2D eigenvalue weighted by Gasteiger charge is 2.28. The van der Waals surface area contributed by atoms with Crippen LogP contribution >= 0.6 is 0 Å². The summed E-state index contributed by atoms with van der Waals surface area (Å²) in [5.41, 5.74) is -0.255. The monoisotopic (exact) mass is 364 g/mol. The van der Waals surface area contributed by atoms with Crippen LogP contribution in [0.4, 0.5) is 19.4 Å². The first-order valence-electron chi connectivity index (χ1n) is 8.76. The number of carbonyl (C=O) groups is 1. The third kappa shape index (κ3) is 4.36. The molecule has 0 aromatic carbocycles. The molecule has 2 heterocycles. The van der Waals surface area contributed by atoms with Crippen molar-refractivity contribution in [1.29, 1.82) is 0 Å². The molecule has 0 radical (unpaired) electrons. The lowest BCUT2D eigenvalue weighted by atomic mass is 9.82. The molecule has 1 unspecified atom stereocenters. The molecule has 3 rings (SSSR count). The van der Waals surface area contributed by atoms with Gasteiger partial charge in [-0.05, 0) is 43.2 Å². The molecular weight excluding hydrogens is 342 g/mol. The van der Waals surface area contributed by atoms with E-state index in [1.807, 2.05) is 0 Å². The number of allylic oxidation sites excluding steroid dienone is 4. The van der Waals surface area contributed by atoms with E-state index < -0.39 is 11.7 Å². The fourth-order valence-corrected chi connectivity index (χ4v) is 3.56. The van der Waals surface area contributed by atoms with E-state index in [2.05, 4.69) is 10.4 Å². The number of nitrogens with zero attached hydrogens (tertiary/aromatic N) is 3. The SMILES string of the molecule is Cn1nc(NC(=O)N2CCC[C@@H](C3C=C(F)C=C(F)C3)CC2)ccc1=O. The molecular formula is C18H22F2N4O2. The number of anilines is 1. The first-order valence-corrected chi connectivity index (χ1v) is 8.76. The molecule has 140 valence electrons. The number of urea groups is 1. The minimum atomic E-state index is -0.515. The lowest BCUT2D eigenvalue weighted by molar-refractivity contribution is 0.212. The van der Waals surface area contributed by atoms with Gasteiger partial charge in [-0.3, -0.25) is 10.1 Å². The maximum absolute atomic E-state index is 13.5. The minimum Gasteiger partial charge on any atom is -0.324 e. The Hall–Kier alpha value is -2.51. The number of carbonyl (C=O) groups excluding carboxylic acids is 1. The third-order valence-corrected chi connectivity index (χ3v) is 4.96. The molecule has 1 aliphatic heterocycles. The fourth-order valence-electron chi connectivity index (χ4n) is 3.56. The van der Waals surface area contributed by atoms with Gasteiger partial charge in [0.1, 0.15) is 11.7 Å². The van der Waals surface area contributed by atoms with Crippen LogP contribution in [0.2, 0.25) is 0 Å². The smallest absolute Gasteiger partial charge is 0.323 e. The second-order valence-electron chi connectivity index (χ2n) is 6.80. The van der Waals surface area contributed by atoms with Crippen molar-refractivity contribution in [2.75, 3.05) is 18.4 Å². The van der Waals surface area contributed by atoms with Crippen LogP contribution < -0.4 is 10.9 Å². The van der Waals surface area contributed by atoms with Crippen molar-refractivity contribution in [2.24, 2.45) is 18.9 Å². The molecule has 0 spiro atoms. The summed E-state index contributed by atoms with van der Waals surface area (Å²) in [4.78, 5) is 25.5. The van der Waals surface area contributed by atoms with Crippen LogP contribution in [0, 0.1) is 11.8 Å². The number of halogens is 2. The number of hydrogen-bond acceptors (Lipinski definition) is 3. The number of amides is 2. The van der Waals surface area contributed by atoms with E-state index in [4.69, 9.17) is 0 Å². The molecule has 6 nitrogen and oxygen atoms in total. The van der Waals surface area contributed by atoms with E-state index >= 15 is 0 Å². The topological polar surface area (TPSA) is 67.2 Å². The highest BCUT2D eigenvalue weighted by molar-refractivity contribution is 5.88. The molecule has 1 fully saturated rings. The van der Waals surface area contributed by atoms with Gasteiger partial charge in [0.2, 0.25) is 0 Å². The summed E-state index contributed by atoms with van der Waals surface area (Å²) in [6, 6.07) is 2.52. The molecule has 8 heteroatoms. The van der Waals surface area contributed by atoms with E-state index in [0.717, 1.165) is 23.6 Å². The highest BCUT2D eigenvalue weighted by Crippen LogP contribution is 2.35. The van der Waals surface area contributed by atoms with Gasteiger partial charge in [0.25, 0.3) is 5.56 Å². The van der Waals surface area contributed by atoms with Gasteiger partial charge >= 0.3 is 6.03 Å². The predicted octanol–water partition coefficient (Wildman–Crippen LogP) is 3.14. The van der Waals surface area contributed by atoms with Crippen molar-refractivity contribution in [3.63, 3.8) is 0 Å². The molecule has 0 saturated carbocycles. The van der Waals surface area contributed by atoms with Gasteiger partial charge in [0.05, 0.1) is 0 Å². The van der Waals surface area contributed by atoms with Crippen molar-refractivity contribution in [3.05, 3.63) is 46.3 Å². The molecule has 2 amide bonds. The Morgan fingerprint density at radius 1 is 1.27 bits per heavy atom. The summed E-state index contributed by atoms with van der Waals surface area (Å²) in [5.74, 6) is -0.641. The molecule has 0 bridgehead atoms. The standard InChI is InChI=1S/C18H22F2N4O2/c1-23-17(25)5-4-16(22-23)21-18(26)24-7-2-3-12(6-8-24)13-9-14(19)11-15(20)10-13/h4-5,9,11-13H,2-3,6-8,10H2,1H3,(H,21,22,26)/t12-,13?/m1/s1. The van der Waals surface area contributed by atoms with Crippen molar-refractivity contribution in [3.8, 4) is 0 Å². The van der Waals surface area contributed by atoms with Crippen LogP contribution in [0.15, 0.2) is 40.7 Å². The lowest BCUT2D eigenvalue weighted by Gasteiger charge is -2.25. The van der Waals surface area contributed by atoms with Crippen LogP contribution in [0.5, 0.6) is 0 Å². The van der Waals surface area contributed by atoms with Crippen molar-refractivity contribution < 1.29 is 13.6 Å². The molecule has 2 atom stereocenters. The second-order valence-corrected chi connectivity index (χ2v) is 6.80. The molecule has 1 aromatic rings. The number of aryl methyl sites for hydroxylation is 1. The van der Waals surface area contributed by atoms with E-state index in [-0.39, 0.29) is 29.8 Å². The molecule has 2 aliphatic rings. The summed E-state index contributed by atoms with van der Waals surface area (Å²) in [5, 5.41) is 6.68. The van der Waals surface area contributed by atoms with Gasteiger partial charge in [-0.25, -0.2) is 18.3 Å². The van der Waals surface area contributed by atoms with Crippen LogP contribution in [0.1, 0.15) is 25.7 Å². The maximum Gasteiger partial charge on any atom is 0.323 e. The van der Waals surface area contributed by atoms with Gasteiger partial charge in [-0.2, -0.15) is 5.10 Å². The molecule has 1 saturated heterocycles. The minimum absolute atomic E-state index is 0.147. The summed E-state index contributed by atoms with van der Waals surface area (Å²) in [6.07, 6.45) is 4.95. The van der Waals surface area contributed by atoms with Crippen molar-refractivity contribution in [1.82, 2.24) is 14.7 Å². The number of rotatable bonds is 2. The average Bonchev–Trinajstić information content (AvgIpc) is 2.83. The second kappa shape index (κ2) is 7.80. The molecule has 26 heavy (non-hydrogen) atoms. The van der Waals surface area contributed by atoms with E-state index in [9.17, 15) is 18.4 Å². The third-order valence-electron chi connectivity index (χ3n) is 4.96. The van der Waals surface area contributed by atoms with Gasteiger partial charge in [0, 0.05) is 38.7 Å². The first-order chi connectivity index (χ1) is 12.4. The van der Waals surface area contributed by atoms with Crippen molar-refractivity contribution in [2.45, 2.75) is 25.7 Å².